The summed E-state index contributed by atoms with van der Waals surface area (Å²) in [5.74, 6) is 0.558. The summed E-state index contributed by atoms with van der Waals surface area (Å²) >= 11 is 0. The minimum Gasteiger partial charge on any atom is -0.494 e. The van der Waals surface area contributed by atoms with Crippen molar-refractivity contribution in [3.05, 3.63) is 23.8 Å². The van der Waals surface area contributed by atoms with Gasteiger partial charge in [0.05, 0.1) is 18.9 Å². The number of benzene rings is 1. The van der Waals surface area contributed by atoms with Crippen LogP contribution in [0.25, 0.3) is 0 Å². The van der Waals surface area contributed by atoms with Crippen LogP contribution in [0.2, 0.25) is 0 Å². The molecule has 2 rings (SSSR count). The highest BCUT2D eigenvalue weighted by Gasteiger charge is 2.26. The van der Waals surface area contributed by atoms with E-state index in [4.69, 9.17) is 4.74 Å². The zero-order chi connectivity index (χ0) is 13.9. The SMILES string of the molecule is CCOc1ccc(NS(=O)(=O)NC2CC2)cc1CO. The summed E-state index contributed by atoms with van der Waals surface area (Å²) < 4.78 is 33.8. The second-order valence-corrected chi connectivity index (χ2v) is 5.86. The van der Waals surface area contributed by atoms with Crippen LogP contribution >= 0.6 is 0 Å². The van der Waals surface area contributed by atoms with Gasteiger partial charge < -0.3 is 9.84 Å². The average molecular weight is 286 g/mol. The molecule has 3 N–H and O–H groups in total. The molecular weight excluding hydrogens is 268 g/mol. The summed E-state index contributed by atoms with van der Waals surface area (Å²) in [5, 5.41) is 9.25. The second kappa shape index (κ2) is 5.77. The van der Waals surface area contributed by atoms with Crippen LogP contribution in [0.1, 0.15) is 25.3 Å². The van der Waals surface area contributed by atoms with Gasteiger partial charge in [-0.2, -0.15) is 13.1 Å². The zero-order valence-corrected chi connectivity index (χ0v) is 11.5. The van der Waals surface area contributed by atoms with Gasteiger partial charge >= 0.3 is 0 Å². The van der Waals surface area contributed by atoms with Crippen molar-refractivity contribution in [2.75, 3.05) is 11.3 Å². The fraction of sp³-hybridized carbons (Fsp3) is 0.500. The minimum absolute atomic E-state index is 0.0533. The van der Waals surface area contributed by atoms with Crippen LogP contribution in [0.3, 0.4) is 0 Å². The molecule has 0 aliphatic heterocycles. The Kier molecular flexibility index (Phi) is 4.28. The Morgan fingerprint density at radius 3 is 2.74 bits per heavy atom. The molecule has 0 atom stereocenters. The first-order chi connectivity index (χ1) is 9.04. The monoisotopic (exact) mass is 286 g/mol. The predicted octanol–water partition coefficient (Wildman–Crippen LogP) is 0.986. The maximum atomic E-state index is 11.7. The van der Waals surface area contributed by atoms with Gasteiger partial charge in [-0.05, 0) is 38.0 Å². The van der Waals surface area contributed by atoms with Crippen molar-refractivity contribution in [3.8, 4) is 5.75 Å². The number of rotatable bonds is 7. The number of hydrogen-bond donors (Lipinski definition) is 3. The number of nitrogens with one attached hydrogen (secondary N) is 2. The van der Waals surface area contributed by atoms with Crippen LogP contribution in [-0.4, -0.2) is 26.2 Å². The average Bonchev–Trinajstić information content (AvgIpc) is 3.14. The third kappa shape index (κ3) is 4.09. The molecule has 0 heterocycles. The van der Waals surface area contributed by atoms with E-state index in [0.717, 1.165) is 12.8 Å². The van der Waals surface area contributed by atoms with Crippen molar-refractivity contribution in [1.82, 2.24) is 4.72 Å². The molecule has 1 saturated carbocycles. The van der Waals surface area contributed by atoms with Gasteiger partial charge in [0, 0.05) is 11.6 Å². The molecule has 0 amide bonds. The van der Waals surface area contributed by atoms with Gasteiger partial charge in [-0.3, -0.25) is 4.72 Å². The van der Waals surface area contributed by atoms with Crippen molar-refractivity contribution in [3.63, 3.8) is 0 Å². The van der Waals surface area contributed by atoms with Gasteiger partial charge in [0.1, 0.15) is 5.75 Å². The van der Waals surface area contributed by atoms with Gasteiger partial charge in [-0.15, -0.1) is 0 Å². The second-order valence-electron chi connectivity index (χ2n) is 4.41. The summed E-state index contributed by atoms with van der Waals surface area (Å²) in [7, 11) is -3.54. The summed E-state index contributed by atoms with van der Waals surface area (Å²) in [6.07, 6.45) is 1.76. The Morgan fingerprint density at radius 2 is 2.16 bits per heavy atom. The Labute approximate surface area is 113 Å². The molecule has 0 spiro atoms. The molecular formula is C12H18N2O4S. The number of ether oxygens (including phenoxy) is 1. The zero-order valence-electron chi connectivity index (χ0n) is 10.7. The van der Waals surface area contributed by atoms with Crippen LogP contribution < -0.4 is 14.2 Å². The molecule has 0 aromatic heterocycles. The normalized spacial score (nSPS) is 15.3. The molecule has 0 unspecified atom stereocenters. The third-order valence-corrected chi connectivity index (χ3v) is 3.83. The summed E-state index contributed by atoms with van der Waals surface area (Å²) in [6, 6.07) is 4.87. The number of aliphatic hydroxyl groups is 1. The van der Waals surface area contributed by atoms with Crippen molar-refractivity contribution >= 4 is 15.9 Å². The topological polar surface area (TPSA) is 87.7 Å². The third-order valence-electron chi connectivity index (χ3n) is 2.68. The molecule has 0 bridgehead atoms. The van der Waals surface area contributed by atoms with E-state index in [-0.39, 0.29) is 12.6 Å². The van der Waals surface area contributed by atoms with Crippen molar-refractivity contribution in [2.24, 2.45) is 0 Å². The Balaban J connectivity index is 2.11. The van der Waals surface area contributed by atoms with Crippen LogP contribution in [0.15, 0.2) is 18.2 Å². The van der Waals surface area contributed by atoms with E-state index in [1.165, 1.54) is 0 Å². The van der Waals surface area contributed by atoms with E-state index in [2.05, 4.69) is 9.44 Å². The molecule has 1 aromatic rings. The summed E-state index contributed by atoms with van der Waals surface area (Å²) in [6.45, 7) is 2.12. The molecule has 1 aliphatic rings. The standard InChI is InChI=1S/C12H18N2O4S/c1-2-18-12-6-5-11(7-9(12)8-15)14-19(16,17)13-10-3-4-10/h5-7,10,13-15H,2-4,8H2,1H3. The van der Waals surface area contributed by atoms with Gasteiger partial charge in [0.25, 0.3) is 10.2 Å². The summed E-state index contributed by atoms with van der Waals surface area (Å²) in [5.41, 5.74) is 0.953. The number of anilines is 1. The molecule has 106 valence electrons. The lowest BCUT2D eigenvalue weighted by Gasteiger charge is -2.12. The Hall–Kier alpha value is -1.31. The first-order valence-electron chi connectivity index (χ1n) is 6.20. The maximum absolute atomic E-state index is 11.7. The highest BCUT2D eigenvalue weighted by Crippen LogP contribution is 2.24. The lowest BCUT2D eigenvalue weighted by molar-refractivity contribution is 0.267. The van der Waals surface area contributed by atoms with Crippen molar-refractivity contribution in [2.45, 2.75) is 32.4 Å². The van der Waals surface area contributed by atoms with E-state index >= 15 is 0 Å². The maximum Gasteiger partial charge on any atom is 0.299 e. The molecule has 19 heavy (non-hydrogen) atoms. The molecule has 1 fully saturated rings. The predicted molar refractivity (Wildman–Crippen MR) is 72.2 cm³/mol. The summed E-state index contributed by atoms with van der Waals surface area (Å²) in [4.78, 5) is 0. The number of hydrogen-bond acceptors (Lipinski definition) is 4. The van der Waals surface area contributed by atoms with Gasteiger partial charge in [-0.25, -0.2) is 0 Å². The van der Waals surface area contributed by atoms with E-state index in [9.17, 15) is 13.5 Å². The molecule has 6 nitrogen and oxygen atoms in total. The van der Waals surface area contributed by atoms with E-state index in [1.54, 1.807) is 18.2 Å². The minimum atomic E-state index is -3.54. The largest absolute Gasteiger partial charge is 0.494 e. The lowest BCUT2D eigenvalue weighted by atomic mass is 10.2. The van der Waals surface area contributed by atoms with Crippen LogP contribution in [0.4, 0.5) is 5.69 Å². The first kappa shape index (κ1) is 14.1. The van der Waals surface area contributed by atoms with Crippen LogP contribution in [0, 0.1) is 0 Å². The molecule has 0 saturated heterocycles. The Morgan fingerprint density at radius 1 is 1.42 bits per heavy atom. The van der Waals surface area contributed by atoms with E-state index in [0.29, 0.717) is 23.6 Å². The van der Waals surface area contributed by atoms with Crippen LogP contribution in [0.5, 0.6) is 5.75 Å². The molecule has 0 radical (unpaired) electrons. The fourth-order valence-electron chi connectivity index (χ4n) is 1.67. The van der Waals surface area contributed by atoms with E-state index < -0.39 is 10.2 Å². The highest BCUT2D eigenvalue weighted by atomic mass is 32.2. The molecule has 1 aromatic carbocycles. The fourth-order valence-corrected chi connectivity index (χ4v) is 2.84. The van der Waals surface area contributed by atoms with Crippen molar-refractivity contribution in [1.29, 1.82) is 0 Å². The smallest absolute Gasteiger partial charge is 0.299 e. The van der Waals surface area contributed by atoms with E-state index in [1.807, 2.05) is 6.92 Å². The number of aliphatic hydroxyl groups excluding tert-OH is 1. The lowest BCUT2D eigenvalue weighted by Crippen LogP contribution is -2.31. The van der Waals surface area contributed by atoms with Gasteiger partial charge in [0.15, 0.2) is 0 Å². The highest BCUT2D eigenvalue weighted by molar-refractivity contribution is 7.90. The van der Waals surface area contributed by atoms with Gasteiger partial charge in [-0.1, -0.05) is 0 Å². The Bertz CT molecular complexity index is 541. The van der Waals surface area contributed by atoms with Crippen LogP contribution in [-0.2, 0) is 16.8 Å². The molecule has 1 aliphatic carbocycles. The first-order valence-corrected chi connectivity index (χ1v) is 7.69. The quantitative estimate of drug-likeness (QED) is 0.697. The van der Waals surface area contributed by atoms with Gasteiger partial charge in [0.2, 0.25) is 0 Å². The molecule has 7 heteroatoms. The van der Waals surface area contributed by atoms with Crippen molar-refractivity contribution < 1.29 is 18.3 Å².